The van der Waals surface area contributed by atoms with E-state index in [9.17, 15) is 24.3 Å². The van der Waals surface area contributed by atoms with E-state index in [0.29, 0.717) is 18.7 Å². The Bertz CT molecular complexity index is 2120. The number of nitrogens with one attached hydrogen (secondary N) is 1. The molecule has 0 unspecified atom stereocenters. The van der Waals surface area contributed by atoms with Crippen LogP contribution < -0.4 is 5.32 Å². The molecule has 2 fully saturated rings. The summed E-state index contributed by atoms with van der Waals surface area (Å²) in [7, 11) is 3.04. The molecule has 2 aliphatic heterocycles. The first-order chi connectivity index (χ1) is 25.2. The molecule has 5 aromatic rings. The van der Waals surface area contributed by atoms with Crippen molar-refractivity contribution in [2.75, 3.05) is 27.2 Å². The highest BCUT2D eigenvalue weighted by Crippen LogP contribution is 2.30. The minimum atomic E-state index is -0.898. The molecule has 0 radical (unpaired) electrons. The van der Waals surface area contributed by atoms with Crippen LogP contribution in [0, 0.1) is 0 Å². The fourth-order valence-corrected chi connectivity index (χ4v) is 7.12. The summed E-state index contributed by atoms with van der Waals surface area (Å²) < 4.78 is 6.79. The van der Waals surface area contributed by atoms with Crippen LogP contribution >= 0.6 is 0 Å². The minimum absolute atomic E-state index is 0.0772. The van der Waals surface area contributed by atoms with Crippen LogP contribution in [-0.2, 0) is 40.4 Å². The lowest BCUT2D eigenvalue weighted by atomic mass is 9.98. The van der Waals surface area contributed by atoms with E-state index in [1.165, 1.54) is 12.1 Å². The quantitative estimate of drug-likeness (QED) is 0.222. The fourth-order valence-electron chi connectivity index (χ4n) is 7.12. The molecule has 2 atom stereocenters. The first kappa shape index (κ1) is 34.2. The van der Waals surface area contributed by atoms with Crippen LogP contribution in [0.5, 0.6) is 5.75 Å². The molecule has 266 valence electrons. The third-order valence-corrected chi connectivity index (χ3v) is 9.68. The lowest BCUT2D eigenvalue weighted by molar-refractivity contribution is -0.187. The highest BCUT2D eigenvalue weighted by Gasteiger charge is 2.50. The molecule has 4 aromatic carbocycles. The summed E-state index contributed by atoms with van der Waals surface area (Å²) in [4.78, 5) is 57.8. The number of piperazine rings is 1. The normalized spacial score (nSPS) is 17.7. The maximum atomic E-state index is 14.5. The third-order valence-electron chi connectivity index (χ3n) is 9.68. The fraction of sp³-hybridized carbons (Fsp3) is 0.256. The summed E-state index contributed by atoms with van der Waals surface area (Å²) in [6, 6.07) is 27.8. The summed E-state index contributed by atoms with van der Waals surface area (Å²) in [6.45, 7) is 0.825. The van der Waals surface area contributed by atoms with Crippen molar-refractivity contribution in [1.29, 1.82) is 0 Å². The van der Waals surface area contributed by atoms with Gasteiger partial charge in [0.2, 0.25) is 11.8 Å². The van der Waals surface area contributed by atoms with Crippen LogP contribution in [0.4, 0.5) is 4.79 Å². The lowest BCUT2D eigenvalue weighted by Gasteiger charge is -2.54. The number of amides is 4. The van der Waals surface area contributed by atoms with E-state index in [1.54, 1.807) is 64.5 Å². The number of carbonyl (C=O) groups is 4. The Morgan fingerprint density at radius 3 is 2.38 bits per heavy atom. The molecule has 0 saturated carbocycles. The SMILES string of the molecule is COC(=O)c1ccccc1Cn1ncc2c(CN3C[C@H]4N(C(=O)CN(C)N4C(=O)NCc4ccccc4)[C@@H](Cc4ccc(O)cc4)C3=O)cccc21. The van der Waals surface area contributed by atoms with Crippen LogP contribution in [0.2, 0.25) is 0 Å². The van der Waals surface area contributed by atoms with Gasteiger partial charge in [-0.15, -0.1) is 0 Å². The summed E-state index contributed by atoms with van der Waals surface area (Å²) in [5.41, 5.74) is 4.56. The summed E-state index contributed by atoms with van der Waals surface area (Å²) in [5, 5.41) is 21.5. The molecule has 4 amide bonds. The molecule has 0 bridgehead atoms. The molecule has 13 nitrogen and oxygen atoms in total. The van der Waals surface area contributed by atoms with Crippen molar-refractivity contribution >= 4 is 34.7 Å². The van der Waals surface area contributed by atoms with Gasteiger partial charge >= 0.3 is 12.0 Å². The molecule has 1 aromatic heterocycles. The summed E-state index contributed by atoms with van der Waals surface area (Å²) >= 11 is 0. The van der Waals surface area contributed by atoms with E-state index in [0.717, 1.165) is 33.2 Å². The molecule has 2 aliphatic rings. The Morgan fingerprint density at radius 2 is 1.62 bits per heavy atom. The smallest absolute Gasteiger partial charge is 0.338 e. The van der Waals surface area contributed by atoms with Gasteiger partial charge in [0.1, 0.15) is 18.0 Å². The van der Waals surface area contributed by atoms with Gasteiger partial charge in [-0.3, -0.25) is 14.3 Å². The van der Waals surface area contributed by atoms with Gasteiger partial charge in [-0.2, -0.15) is 5.10 Å². The van der Waals surface area contributed by atoms with Gasteiger partial charge in [0.05, 0.1) is 44.0 Å². The summed E-state index contributed by atoms with van der Waals surface area (Å²) in [5.74, 6) is -0.838. The molecule has 13 heteroatoms. The largest absolute Gasteiger partial charge is 0.508 e. The number of likely N-dealkylation sites (N-methyl/N-ethyl adjacent to an activating group) is 1. The average molecular weight is 702 g/mol. The molecule has 2 saturated heterocycles. The minimum Gasteiger partial charge on any atom is -0.508 e. The van der Waals surface area contributed by atoms with E-state index in [-0.39, 0.29) is 49.7 Å². The van der Waals surface area contributed by atoms with Gasteiger partial charge in [-0.25, -0.2) is 19.6 Å². The number of phenolic OH excluding ortho intramolecular Hbond substituents is 1. The predicted octanol–water partition coefficient (Wildman–Crippen LogP) is 3.76. The van der Waals surface area contributed by atoms with Crippen molar-refractivity contribution in [3.05, 3.63) is 131 Å². The standard InChI is InChI=1S/C39H39N7O6/c1-42-25-36(48)45-34(19-26-15-17-30(47)18-16-26)37(49)43(24-35(45)46(42)39(51)40-20-27-9-4-3-5-10-27)22-28-12-8-14-33-32(28)21-41-44(33)23-29-11-6-7-13-31(29)38(50)52-2/h3-18,21,34-35,47H,19-20,22-25H2,1-2H3,(H,40,51)/t34-,35-/m0/s1. The van der Waals surface area contributed by atoms with Crippen molar-refractivity contribution in [1.82, 2.24) is 34.9 Å². The van der Waals surface area contributed by atoms with Crippen molar-refractivity contribution < 1.29 is 29.0 Å². The number of hydrogen-bond donors (Lipinski definition) is 2. The van der Waals surface area contributed by atoms with Crippen molar-refractivity contribution in [3.63, 3.8) is 0 Å². The van der Waals surface area contributed by atoms with Gasteiger partial charge in [-0.1, -0.05) is 72.8 Å². The number of carbonyl (C=O) groups excluding carboxylic acids is 4. The van der Waals surface area contributed by atoms with Crippen LogP contribution in [0.3, 0.4) is 0 Å². The van der Waals surface area contributed by atoms with Crippen LogP contribution in [0.1, 0.15) is 32.6 Å². The number of hydrogen-bond acceptors (Lipinski definition) is 8. The average Bonchev–Trinajstić information content (AvgIpc) is 3.56. The van der Waals surface area contributed by atoms with Crippen molar-refractivity contribution in [2.45, 2.75) is 38.3 Å². The first-order valence-electron chi connectivity index (χ1n) is 17.0. The van der Waals surface area contributed by atoms with E-state index in [1.807, 2.05) is 65.3 Å². The van der Waals surface area contributed by atoms with Crippen LogP contribution in [-0.4, -0.2) is 98.0 Å². The zero-order chi connectivity index (χ0) is 36.4. The maximum Gasteiger partial charge on any atom is 0.338 e. The number of fused-ring (bicyclic) bond motifs is 2. The number of ether oxygens (including phenoxy) is 1. The third kappa shape index (κ3) is 6.77. The molecular formula is C39H39N7O6. The van der Waals surface area contributed by atoms with Crippen molar-refractivity contribution in [2.24, 2.45) is 0 Å². The van der Waals surface area contributed by atoms with E-state index in [4.69, 9.17) is 4.74 Å². The first-order valence-corrected chi connectivity index (χ1v) is 17.0. The molecule has 7 rings (SSSR count). The number of aromatic hydroxyl groups is 1. The number of urea groups is 1. The Kier molecular flexibility index (Phi) is 9.59. The Hall–Kier alpha value is -6.21. The number of hydrazine groups is 1. The highest BCUT2D eigenvalue weighted by atomic mass is 16.5. The number of nitrogens with zero attached hydrogens (tertiary/aromatic N) is 6. The van der Waals surface area contributed by atoms with Gasteiger partial charge in [0.15, 0.2) is 0 Å². The van der Waals surface area contributed by atoms with E-state index < -0.39 is 18.2 Å². The Labute approximate surface area is 300 Å². The van der Waals surface area contributed by atoms with Gasteiger partial charge in [-0.05, 0) is 46.5 Å². The highest BCUT2D eigenvalue weighted by molar-refractivity contribution is 5.93. The number of phenols is 1. The van der Waals surface area contributed by atoms with E-state index in [2.05, 4.69) is 10.4 Å². The van der Waals surface area contributed by atoms with Crippen molar-refractivity contribution in [3.8, 4) is 5.75 Å². The van der Waals surface area contributed by atoms with Gasteiger partial charge in [0.25, 0.3) is 0 Å². The number of rotatable bonds is 9. The van der Waals surface area contributed by atoms with Gasteiger partial charge in [0, 0.05) is 31.9 Å². The molecule has 52 heavy (non-hydrogen) atoms. The number of methoxy groups -OCH3 is 1. The second kappa shape index (κ2) is 14.6. The lowest BCUT2D eigenvalue weighted by Crippen LogP contribution is -2.76. The molecular weight excluding hydrogens is 662 g/mol. The molecule has 3 heterocycles. The monoisotopic (exact) mass is 701 g/mol. The maximum absolute atomic E-state index is 14.5. The number of benzene rings is 4. The molecule has 2 N–H and O–H groups in total. The Balaban J connectivity index is 1.20. The predicted molar refractivity (Wildman–Crippen MR) is 191 cm³/mol. The molecule has 0 aliphatic carbocycles. The zero-order valence-electron chi connectivity index (χ0n) is 28.9. The second-order valence-corrected chi connectivity index (χ2v) is 13.0. The number of aromatic nitrogens is 2. The topological polar surface area (TPSA) is 141 Å². The molecule has 0 spiro atoms. The van der Waals surface area contributed by atoms with Crippen LogP contribution in [0.25, 0.3) is 10.9 Å². The second-order valence-electron chi connectivity index (χ2n) is 13.0. The Morgan fingerprint density at radius 1 is 0.885 bits per heavy atom. The number of esters is 1. The van der Waals surface area contributed by atoms with E-state index >= 15 is 0 Å². The van der Waals surface area contributed by atoms with Gasteiger partial charge < -0.3 is 25.0 Å². The summed E-state index contributed by atoms with van der Waals surface area (Å²) in [6.07, 6.45) is 1.17. The van der Waals surface area contributed by atoms with Crippen LogP contribution in [0.15, 0.2) is 103 Å². The zero-order valence-corrected chi connectivity index (χ0v) is 28.9.